The molecule has 1 atom stereocenters. The molecule has 0 aliphatic rings. The van der Waals surface area contributed by atoms with E-state index in [4.69, 9.17) is 5.73 Å². The minimum absolute atomic E-state index is 0.283. The molecule has 7 heteroatoms. The molecule has 0 aromatic heterocycles. The van der Waals surface area contributed by atoms with Crippen LogP contribution in [0.25, 0.3) is 0 Å². The van der Waals surface area contributed by atoms with Gasteiger partial charge in [0.1, 0.15) is 16.5 Å². The van der Waals surface area contributed by atoms with E-state index in [2.05, 4.69) is 0 Å². The zero-order valence-corrected chi connectivity index (χ0v) is 9.26. The summed E-state index contributed by atoms with van der Waals surface area (Å²) in [5, 5.41) is 9.25. The zero-order valence-electron chi connectivity index (χ0n) is 8.44. The van der Waals surface area contributed by atoms with Crippen LogP contribution in [0.5, 0.6) is 0 Å². The van der Waals surface area contributed by atoms with Gasteiger partial charge in [0.05, 0.1) is 6.10 Å². The van der Waals surface area contributed by atoms with Gasteiger partial charge in [-0.15, -0.1) is 0 Å². The Labute approximate surface area is 91.6 Å². The first kappa shape index (κ1) is 13.0. The standard InChI is InChI=1S/C9H11F2NO3S/c1-16(14,15)9-3-6(10)5(2-7(9)11)8(13)4-12/h2-3,8,13H,4,12H2,1H3. The Hall–Kier alpha value is -1.05. The summed E-state index contributed by atoms with van der Waals surface area (Å²) < 4.78 is 48.8. The second-order valence-corrected chi connectivity index (χ2v) is 5.31. The van der Waals surface area contributed by atoms with Crippen LogP contribution in [0.4, 0.5) is 8.78 Å². The van der Waals surface area contributed by atoms with E-state index in [-0.39, 0.29) is 12.1 Å². The first-order valence-electron chi connectivity index (χ1n) is 4.34. The van der Waals surface area contributed by atoms with E-state index in [0.29, 0.717) is 12.1 Å². The van der Waals surface area contributed by atoms with Crippen molar-refractivity contribution in [1.82, 2.24) is 0 Å². The molecule has 0 fully saturated rings. The van der Waals surface area contributed by atoms with E-state index in [0.717, 1.165) is 6.26 Å². The molecule has 16 heavy (non-hydrogen) atoms. The van der Waals surface area contributed by atoms with Gasteiger partial charge >= 0.3 is 0 Å². The molecule has 0 heterocycles. The molecule has 1 unspecified atom stereocenters. The van der Waals surface area contributed by atoms with Crippen molar-refractivity contribution in [3.8, 4) is 0 Å². The molecule has 0 saturated heterocycles. The fourth-order valence-corrected chi connectivity index (χ4v) is 1.94. The summed E-state index contributed by atoms with van der Waals surface area (Å²) in [6, 6.07) is 1.18. The van der Waals surface area contributed by atoms with Crippen LogP contribution in [0.15, 0.2) is 17.0 Å². The van der Waals surface area contributed by atoms with E-state index in [1.807, 2.05) is 0 Å². The van der Waals surface area contributed by atoms with Crippen LogP contribution in [0.2, 0.25) is 0 Å². The number of aliphatic hydroxyl groups is 1. The number of nitrogens with two attached hydrogens (primary N) is 1. The van der Waals surface area contributed by atoms with Gasteiger partial charge in [0.15, 0.2) is 9.84 Å². The molecule has 1 aromatic carbocycles. The first-order valence-corrected chi connectivity index (χ1v) is 6.23. The molecule has 0 aliphatic carbocycles. The van der Waals surface area contributed by atoms with Gasteiger partial charge in [-0.1, -0.05) is 0 Å². The minimum atomic E-state index is -3.83. The molecular formula is C9H11F2NO3S. The number of hydrogen-bond acceptors (Lipinski definition) is 4. The number of aliphatic hydroxyl groups excluding tert-OH is 1. The predicted octanol–water partition coefficient (Wildman–Crippen LogP) is 0.360. The van der Waals surface area contributed by atoms with Gasteiger partial charge in [-0.2, -0.15) is 0 Å². The summed E-state index contributed by atoms with van der Waals surface area (Å²) in [6.07, 6.45) is -0.590. The summed E-state index contributed by atoms with van der Waals surface area (Å²) in [5.41, 5.74) is 4.74. The van der Waals surface area contributed by atoms with Crippen LogP contribution in [-0.4, -0.2) is 26.3 Å². The topological polar surface area (TPSA) is 80.4 Å². The molecule has 1 rings (SSSR count). The molecule has 0 amide bonds. The molecule has 1 aromatic rings. The second-order valence-electron chi connectivity index (χ2n) is 3.33. The SMILES string of the molecule is CS(=O)(=O)c1cc(F)c(C(O)CN)cc1F. The Bertz CT molecular complexity index is 502. The Morgan fingerprint density at radius 3 is 2.38 bits per heavy atom. The molecule has 0 spiro atoms. The van der Waals surface area contributed by atoms with Crippen molar-refractivity contribution in [3.05, 3.63) is 29.3 Å². The number of rotatable bonds is 3. The van der Waals surface area contributed by atoms with Gasteiger partial charge in [0.2, 0.25) is 0 Å². The Kier molecular flexibility index (Phi) is 3.61. The molecule has 90 valence electrons. The van der Waals surface area contributed by atoms with Crippen LogP contribution in [0, 0.1) is 11.6 Å². The summed E-state index contributed by atoms with van der Waals surface area (Å²) in [4.78, 5) is -0.738. The van der Waals surface area contributed by atoms with Crippen molar-refractivity contribution < 1.29 is 22.3 Å². The largest absolute Gasteiger partial charge is 0.387 e. The summed E-state index contributed by atoms with van der Waals surface area (Å²) in [5.74, 6) is -2.11. The quantitative estimate of drug-likeness (QED) is 0.812. The molecular weight excluding hydrogens is 240 g/mol. The van der Waals surface area contributed by atoms with E-state index in [1.165, 1.54) is 0 Å². The van der Waals surface area contributed by atoms with Gasteiger partial charge in [0.25, 0.3) is 0 Å². The summed E-state index contributed by atoms with van der Waals surface area (Å²) in [7, 11) is -3.83. The van der Waals surface area contributed by atoms with Crippen molar-refractivity contribution in [2.75, 3.05) is 12.8 Å². The van der Waals surface area contributed by atoms with Gasteiger partial charge in [-0.05, 0) is 12.1 Å². The van der Waals surface area contributed by atoms with Crippen molar-refractivity contribution in [2.24, 2.45) is 5.73 Å². The second kappa shape index (κ2) is 4.44. The highest BCUT2D eigenvalue weighted by Gasteiger charge is 2.20. The third kappa shape index (κ3) is 2.55. The lowest BCUT2D eigenvalue weighted by atomic mass is 10.1. The molecule has 3 N–H and O–H groups in total. The highest BCUT2D eigenvalue weighted by molar-refractivity contribution is 7.90. The summed E-state index contributed by atoms with van der Waals surface area (Å²) in [6.45, 7) is -0.283. The fourth-order valence-electron chi connectivity index (χ4n) is 1.21. The third-order valence-corrected chi connectivity index (χ3v) is 3.14. The molecule has 4 nitrogen and oxygen atoms in total. The number of sulfone groups is 1. The first-order chi connectivity index (χ1) is 7.27. The maximum atomic E-state index is 13.4. The predicted molar refractivity (Wildman–Crippen MR) is 53.5 cm³/mol. The van der Waals surface area contributed by atoms with Gasteiger partial charge < -0.3 is 10.8 Å². The van der Waals surface area contributed by atoms with Crippen LogP contribution in [-0.2, 0) is 9.84 Å². The van der Waals surface area contributed by atoms with E-state index >= 15 is 0 Å². The monoisotopic (exact) mass is 251 g/mol. The normalized spacial score (nSPS) is 13.8. The maximum absolute atomic E-state index is 13.4. The van der Waals surface area contributed by atoms with Gasteiger partial charge in [-0.3, -0.25) is 0 Å². The third-order valence-electron chi connectivity index (χ3n) is 2.03. The van der Waals surface area contributed by atoms with E-state index in [1.54, 1.807) is 0 Å². The Morgan fingerprint density at radius 2 is 1.94 bits per heavy atom. The van der Waals surface area contributed by atoms with Crippen LogP contribution >= 0.6 is 0 Å². The zero-order chi connectivity index (χ0) is 12.5. The average Bonchev–Trinajstić information content (AvgIpc) is 2.18. The fraction of sp³-hybridized carbons (Fsp3) is 0.333. The molecule has 0 saturated carbocycles. The molecule has 0 bridgehead atoms. The Balaban J connectivity index is 3.39. The van der Waals surface area contributed by atoms with Crippen molar-refractivity contribution in [2.45, 2.75) is 11.0 Å². The Morgan fingerprint density at radius 1 is 1.38 bits per heavy atom. The van der Waals surface area contributed by atoms with E-state index < -0.39 is 32.5 Å². The minimum Gasteiger partial charge on any atom is -0.387 e. The lowest BCUT2D eigenvalue weighted by molar-refractivity contribution is 0.181. The van der Waals surface area contributed by atoms with Crippen molar-refractivity contribution in [1.29, 1.82) is 0 Å². The molecule has 0 radical (unpaired) electrons. The van der Waals surface area contributed by atoms with Gasteiger partial charge in [0, 0.05) is 18.4 Å². The highest BCUT2D eigenvalue weighted by atomic mass is 32.2. The average molecular weight is 251 g/mol. The lowest BCUT2D eigenvalue weighted by Gasteiger charge is -2.11. The van der Waals surface area contributed by atoms with Crippen LogP contribution < -0.4 is 5.73 Å². The molecule has 0 aliphatic heterocycles. The number of benzene rings is 1. The van der Waals surface area contributed by atoms with Crippen molar-refractivity contribution in [3.63, 3.8) is 0 Å². The smallest absolute Gasteiger partial charge is 0.178 e. The number of hydrogen-bond donors (Lipinski definition) is 2. The van der Waals surface area contributed by atoms with Crippen LogP contribution in [0.3, 0.4) is 0 Å². The van der Waals surface area contributed by atoms with Gasteiger partial charge in [-0.25, -0.2) is 17.2 Å². The van der Waals surface area contributed by atoms with Crippen LogP contribution in [0.1, 0.15) is 11.7 Å². The van der Waals surface area contributed by atoms with E-state index in [9.17, 15) is 22.3 Å². The van der Waals surface area contributed by atoms with Crippen molar-refractivity contribution >= 4 is 9.84 Å². The summed E-state index contributed by atoms with van der Waals surface area (Å²) >= 11 is 0. The number of halogens is 2. The lowest BCUT2D eigenvalue weighted by Crippen LogP contribution is -2.14. The highest BCUT2D eigenvalue weighted by Crippen LogP contribution is 2.23. The maximum Gasteiger partial charge on any atom is 0.178 e.